The number of aromatic amines is 1. The SMILES string of the molecule is CC(C)(Nc1cncc(-c2c[nH]c3ncc(F)cc23)c1)C(=O)NCC(F)(F)F. The lowest BCUT2D eigenvalue weighted by atomic mass is 10.0. The van der Waals surface area contributed by atoms with Gasteiger partial charge in [0.2, 0.25) is 5.91 Å². The number of alkyl halides is 3. The lowest BCUT2D eigenvalue weighted by Crippen LogP contribution is -2.50. The van der Waals surface area contributed by atoms with Crippen molar-refractivity contribution in [1.29, 1.82) is 0 Å². The van der Waals surface area contributed by atoms with Gasteiger partial charge >= 0.3 is 6.18 Å². The molecule has 0 atom stereocenters. The molecule has 0 aliphatic rings. The van der Waals surface area contributed by atoms with Crippen LogP contribution in [0.25, 0.3) is 22.2 Å². The van der Waals surface area contributed by atoms with Crippen LogP contribution in [-0.4, -0.2) is 39.1 Å². The molecule has 10 heteroatoms. The third kappa shape index (κ3) is 4.38. The number of halogens is 4. The van der Waals surface area contributed by atoms with Crippen LogP contribution in [0.4, 0.5) is 23.2 Å². The molecule has 0 fully saturated rings. The second kappa shape index (κ2) is 7.10. The number of carbonyl (C=O) groups is 1. The van der Waals surface area contributed by atoms with E-state index in [4.69, 9.17) is 0 Å². The van der Waals surface area contributed by atoms with E-state index in [2.05, 4.69) is 20.3 Å². The average Bonchev–Trinajstić information content (AvgIpc) is 3.01. The molecule has 0 aliphatic heterocycles. The Morgan fingerprint density at radius 1 is 1.18 bits per heavy atom. The molecule has 0 aromatic carbocycles. The quantitative estimate of drug-likeness (QED) is 0.576. The van der Waals surface area contributed by atoms with Crippen LogP contribution in [0.5, 0.6) is 0 Å². The molecule has 0 bridgehead atoms. The number of nitrogens with one attached hydrogen (secondary N) is 3. The summed E-state index contributed by atoms with van der Waals surface area (Å²) in [5.41, 5.74) is 0.872. The number of H-pyrrole nitrogens is 1. The number of hydrogen-bond donors (Lipinski definition) is 3. The van der Waals surface area contributed by atoms with Crippen LogP contribution in [-0.2, 0) is 4.79 Å². The van der Waals surface area contributed by atoms with Crippen molar-refractivity contribution in [3.05, 3.63) is 42.7 Å². The lowest BCUT2D eigenvalue weighted by Gasteiger charge is -2.26. The van der Waals surface area contributed by atoms with Crippen molar-refractivity contribution < 1.29 is 22.4 Å². The van der Waals surface area contributed by atoms with E-state index in [1.807, 2.05) is 5.32 Å². The minimum Gasteiger partial charge on any atom is -0.370 e. The van der Waals surface area contributed by atoms with Gasteiger partial charge in [0.05, 0.1) is 18.1 Å². The van der Waals surface area contributed by atoms with Crippen LogP contribution in [0.3, 0.4) is 0 Å². The summed E-state index contributed by atoms with van der Waals surface area (Å²) in [5, 5.41) is 5.28. The molecule has 1 amide bonds. The van der Waals surface area contributed by atoms with Gasteiger partial charge in [0.25, 0.3) is 0 Å². The van der Waals surface area contributed by atoms with Crippen molar-refractivity contribution in [3.63, 3.8) is 0 Å². The number of amides is 1. The first-order valence-electron chi connectivity index (χ1n) is 8.26. The van der Waals surface area contributed by atoms with Crippen LogP contribution in [0, 0.1) is 5.82 Å². The molecule has 0 aliphatic carbocycles. The Kier molecular flexibility index (Phi) is 4.97. The van der Waals surface area contributed by atoms with Gasteiger partial charge in [-0.25, -0.2) is 9.37 Å². The minimum absolute atomic E-state index is 0.420. The molecule has 6 nitrogen and oxygen atoms in total. The van der Waals surface area contributed by atoms with Gasteiger partial charge in [-0.1, -0.05) is 0 Å². The predicted octanol–water partition coefficient (Wildman–Crippen LogP) is 3.63. The van der Waals surface area contributed by atoms with Crippen molar-refractivity contribution in [2.24, 2.45) is 0 Å². The molecular formula is C18H17F4N5O. The van der Waals surface area contributed by atoms with Crippen molar-refractivity contribution >= 4 is 22.6 Å². The van der Waals surface area contributed by atoms with E-state index in [1.54, 1.807) is 18.5 Å². The number of carbonyl (C=O) groups excluding carboxylic acids is 1. The molecule has 3 rings (SSSR count). The molecule has 3 heterocycles. The monoisotopic (exact) mass is 395 g/mol. The van der Waals surface area contributed by atoms with Crippen LogP contribution >= 0.6 is 0 Å². The summed E-state index contributed by atoms with van der Waals surface area (Å²) >= 11 is 0. The maximum atomic E-state index is 13.5. The molecule has 3 aromatic rings. The summed E-state index contributed by atoms with van der Waals surface area (Å²) < 4.78 is 50.5. The maximum Gasteiger partial charge on any atom is 0.405 e. The standard InChI is InChI=1S/C18H17F4N5O/c1-17(2,16(28)26-9-18(20,21)22)27-12-3-10(5-23-7-12)14-8-25-15-13(14)4-11(19)6-24-15/h3-8,27H,9H2,1-2H3,(H,24,25)(H,26,28). The summed E-state index contributed by atoms with van der Waals surface area (Å²) in [7, 11) is 0. The smallest absolute Gasteiger partial charge is 0.370 e. The van der Waals surface area contributed by atoms with Crippen LogP contribution < -0.4 is 10.6 Å². The first-order chi connectivity index (χ1) is 13.0. The highest BCUT2D eigenvalue weighted by Gasteiger charge is 2.33. The van der Waals surface area contributed by atoms with Crippen molar-refractivity contribution in [1.82, 2.24) is 20.3 Å². The van der Waals surface area contributed by atoms with Crippen molar-refractivity contribution in [2.45, 2.75) is 25.6 Å². The number of anilines is 1. The number of fused-ring (bicyclic) bond motifs is 1. The fourth-order valence-electron chi connectivity index (χ4n) is 2.69. The molecule has 3 aromatic heterocycles. The van der Waals surface area contributed by atoms with Crippen molar-refractivity contribution in [3.8, 4) is 11.1 Å². The fourth-order valence-corrected chi connectivity index (χ4v) is 2.69. The highest BCUT2D eigenvalue weighted by Crippen LogP contribution is 2.29. The van der Waals surface area contributed by atoms with E-state index in [0.29, 0.717) is 27.8 Å². The molecule has 0 saturated carbocycles. The molecule has 0 unspecified atom stereocenters. The van der Waals surface area contributed by atoms with E-state index < -0.39 is 30.0 Å². The van der Waals surface area contributed by atoms with E-state index in [0.717, 1.165) is 6.20 Å². The Hall–Kier alpha value is -3.17. The largest absolute Gasteiger partial charge is 0.405 e. The van der Waals surface area contributed by atoms with E-state index in [9.17, 15) is 22.4 Å². The van der Waals surface area contributed by atoms with Gasteiger partial charge in [0, 0.05) is 28.9 Å². The molecule has 0 spiro atoms. The van der Waals surface area contributed by atoms with Gasteiger partial charge in [-0.05, 0) is 26.0 Å². The highest BCUT2D eigenvalue weighted by atomic mass is 19.4. The second-order valence-corrected chi connectivity index (χ2v) is 6.76. The van der Waals surface area contributed by atoms with Gasteiger partial charge in [-0.15, -0.1) is 0 Å². The zero-order valence-corrected chi connectivity index (χ0v) is 15.0. The van der Waals surface area contributed by atoms with E-state index in [-0.39, 0.29) is 0 Å². The second-order valence-electron chi connectivity index (χ2n) is 6.76. The lowest BCUT2D eigenvalue weighted by molar-refractivity contribution is -0.140. The maximum absolute atomic E-state index is 13.5. The van der Waals surface area contributed by atoms with E-state index in [1.165, 1.54) is 26.1 Å². The Labute approximate surface area is 157 Å². The predicted molar refractivity (Wildman–Crippen MR) is 96.0 cm³/mol. The van der Waals surface area contributed by atoms with Crippen LogP contribution in [0.1, 0.15) is 13.8 Å². The first kappa shape index (κ1) is 19.6. The molecule has 0 saturated heterocycles. The number of aromatic nitrogens is 3. The van der Waals surface area contributed by atoms with Gasteiger partial charge in [0.15, 0.2) is 0 Å². The molecule has 3 N–H and O–H groups in total. The Balaban J connectivity index is 1.83. The number of nitrogens with zero attached hydrogens (tertiary/aromatic N) is 2. The number of rotatable bonds is 5. The fraction of sp³-hybridized carbons (Fsp3) is 0.278. The summed E-state index contributed by atoms with van der Waals surface area (Å²) in [6.07, 6.45) is 1.25. The summed E-state index contributed by atoms with van der Waals surface area (Å²) in [6.45, 7) is 1.50. The molecule has 0 radical (unpaired) electrons. The minimum atomic E-state index is -4.49. The molecular weight excluding hydrogens is 378 g/mol. The van der Waals surface area contributed by atoms with E-state index >= 15 is 0 Å². The van der Waals surface area contributed by atoms with Gasteiger partial charge < -0.3 is 15.6 Å². The van der Waals surface area contributed by atoms with Gasteiger partial charge in [0.1, 0.15) is 23.5 Å². The third-order valence-electron chi connectivity index (χ3n) is 4.02. The third-order valence-corrected chi connectivity index (χ3v) is 4.02. The summed E-state index contributed by atoms with van der Waals surface area (Å²) in [5.74, 6) is -1.30. The number of pyridine rings is 2. The Morgan fingerprint density at radius 3 is 2.64 bits per heavy atom. The Bertz CT molecular complexity index is 1010. The summed E-state index contributed by atoms with van der Waals surface area (Å²) in [4.78, 5) is 23.1. The molecule has 28 heavy (non-hydrogen) atoms. The van der Waals surface area contributed by atoms with Gasteiger partial charge in [-0.3, -0.25) is 9.78 Å². The normalized spacial score (nSPS) is 12.2. The van der Waals surface area contributed by atoms with Crippen LogP contribution in [0.2, 0.25) is 0 Å². The highest BCUT2D eigenvalue weighted by molar-refractivity contribution is 5.94. The average molecular weight is 395 g/mol. The van der Waals surface area contributed by atoms with Crippen molar-refractivity contribution in [2.75, 3.05) is 11.9 Å². The van der Waals surface area contributed by atoms with Crippen LogP contribution in [0.15, 0.2) is 36.9 Å². The first-order valence-corrected chi connectivity index (χ1v) is 8.26. The molecule has 148 valence electrons. The number of hydrogen-bond acceptors (Lipinski definition) is 4. The zero-order chi connectivity index (χ0) is 20.5. The van der Waals surface area contributed by atoms with Gasteiger partial charge in [-0.2, -0.15) is 13.2 Å². The summed E-state index contributed by atoms with van der Waals surface area (Å²) in [6, 6.07) is 3.00. The Morgan fingerprint density at radius 2 is 1.93 bits per heavy atom. The zero-order valence-electron chi connectivity index (χ0n) is 15.0. The topological polar surface area (TPSA) is 82.7 Å².